The van der Waals surface area contributed by atoms with Crippen LogP contribution < -0.4 is 25.4 Å². The molecule has 69 heavy (non-hydrogen) atoms. The van der Waals surface area contributed by atoms with Gasteiger partial charge in [0.05, 0.1) is 29.0 Å². The average Bonchev–Trinajstić information content (AvgIpc) is 3.94. The van der Waals surface area contributed by atoms with Crippen LogP contribution in [0.5, 0.6) is 11.5 Å². The molecular formula is C54H61ClN6O8. The van der Waals surface area contributed by atoms with Gasteiger partial charge in [-0.15, -0.1) is 0 Å². The highest BCUT2D eigenvalue weighted by atomic mass is 35.5. The molecule has 0 radical (unpaired) electrons. The van der Waals surface area contributed by atoms with Gasteiger partial charge >= 0.3 is 0 Å². The Morgan fingerprint density at radius 2 is 1.55 bits per heavy atom. The minimum atomic E-state index is -0.938. The fraction of sp³-hybridized carbons (Fsp3) is 0.407. The molecule has 5 aromatic rings. The lowest BCUT2D eigenvalue weighted by atomic mass is 9.49. The molecule has 4 N–H and O–H groups in total. The minimum Gasteiger partial charge on any atom is -0.494 e. The van der Waals surface area contributed by atoms with Crippen LogP contribution in [0.25, 0.3) is 22.5 Å². The number of nitrogens with zero attached hydrogens (tertiary/aromatic N) is 3. The predicted molar refractivity (Wildman–Crippen MR) is 262 cm³/mol. The highest BCUT2D eigenvalue weighted by Gasteiger charge is 2.64. The molecule has 2 aliphatic rings. The number of aliphatic hydroxyl groups excluding tert-OH is 1. The first kappa shape index (κ1) is 50.2. The van der Waals surface area contributed by atoms with E-state index < -0.39 is 40.3 Å². The van der Waals surface area contributed by atoms with E-state index in [0.29, 0.717) is 39.8 Å². The van der Waals surface area contributed by atoms with Gasteiger partial charge in [0.1, 0.15) is 35.8 Å². The third-order valence-electron chi connectivity index (χ3n) is 13.3. The topological polar surface area (TPSA) is 196 Å². The van der Waals surface area contributed by atoms with Crippen LogP contribution in [0.4, 0.5) is 0 Å². The number of ether oxygens (including phenoxy) is 2. The van der Waals surface area contributed by atoms with Gasteiger partial charge in [0, 0.05) is 60.0 Å². The molecule has 0 bridgehead atoms. The van der Waals surface area contributed by atoms with E-state index in [1.807, 2.05) is 88.4 Å². The fourth-order valence-corrected chi connectivity index (χ4v) is 10.0. The number of carbonyl (C=O) groups excluding carboxylic acids is 4. The molecule has 1 aromatic heterocycles. The highest BCUT2D eigenvalue weighted by molar-refractivity contribution is 6.31. The second kappa shape index (κ2) is 20.5. The van der Waals surface area contributed by atoms with Crippen molar-refractivity contribution in [3.05, 3.63) is 125 Å². The van der Waals surface area contributed by atoms with Crippen LogP contribution in [0.15, 0.2) is 102 Å². The summed E-state index contributed by atoms with van der Waals surface area (Å²) in [5.74, 6) is 0.561. The number of aromatic nitrogens is 1. The van der Waals surface area contributed by atoms with Crippen LogP contribution >= 0.6 is 11.6 Å². The summed E-state index contributed by atoms with van der Waals surface area (Å²) in [5, 5.41) is 29.2. The second-order valence-electron chi connectivity index (χ2n) is 20.3. The zero-order chi connectivity index (χ0) is 49.8. The Bertz CT molecular complexity index is 2690. The van der Waals surface area contributed by atoms with Crippen LogP contribution in [0.3, 0.4) is 0 Å². The number of amides is 4. The molecule has 1 aliphatic carbocycles. The number of β-amino-alcohol motifs (C(OH)–C–C–N with tert-alkyl or cyclic N) is 1. The van der Waals surface area contributed by atoms with Crippen molar-refractivity contribution in [1.29, 1.82) is 5.26 Å². The number of aliphatic hydroxyl groups is 1. The van der Waals surface area contributed by atoms with Crippen LogP contribution in [0.2, 0.25) is 5.02 Å². The molecular weight excluding hydrogens is 896 g/mol. The number of benzene rings is 4. The van der Waals surface area contributed by atoms with Gasteiger partial charge in [-0.2, -0.15) is 5.26 Å². The SMILES string of the molecule is Cc1ncoc1-c1ccc(CNC(=O)[C@@H]2C[C@@H](O)CN2C(=O)[C@@H](NC(=O)CCCOc2ccc(-c3ccc(C(=O)NC4C(C)(C)C(Oc5ccc(C#N)c(Cl)c5)C4(C)C)cc3)cc2)C(C)(C)C)cc1. The molecule has 1 saturated carbocycles. The molecule has 7 rings (SSSR count). The Labute approximate surface area is 408 Å². The van der Waals surface area contributed by atoms with E-state index in [9.17, 15) is 29.5 Å². The van der Waals surface area contributed by atoms with E-state index in [0.717, 1.165) is 27.9 Å². The summed E-state index contributed by atoms with van der Waals surface area (Å²) in [6.07, 6.45) is 0.890. The van der Waals surface area contributed by atoms with Crippen molar-refractivity contribution in [3.8, 4) is 40.0 Å². The smallest absolute Gasteiger partial charge is 0.251 e. The number of likely N-dealkylation sites (tertiary alicyclic amines) is 1. The standard InChI is InChI=1S/C54H61ClN6O8/c1-32-45(68-31-58-32)36-13-11-33(12-14-36)29-57-48(65)43-26-39(62)30-61(43)49(66)46(52(2,3)4)59-44(63)10-9-25-67-40-22-19-35(20-23-40)34-15-17-37(18-16-34)47(64)60-50-53(5,6)51(54(50,7)8)69-41-24-21-38(28-56)42(55)27-41/h11-24,27,31,39,43,46,50-51,62H,9-10,25-26,29-30H2,1-8H3,(H,57,65)(H,59,63)(H,60,64)/t39-,43+,46-,50?,51?/m1/s1. The van der Waals surface area contributed by atoms with Crippen molar-refractivity contribution < 1.29 is 38.2 Å². The number of rotatable bonds is 16. The molecule has 15 heteroatoms. The summed E-state index contributed by atoms with van der Waals surface area (Å²) >= 11 is 6.25. The number of hydrogen-bond acceptors (Lipinski definition) is 10. The van der Waals surface area contributed by atoms with Gasteiger partial charge < -0.3 is 39.8 Å². The molecule has 14 nitrogen and oxygen atoms in total. The number of halogens is 1. The summed E-state index contributed by atoms with van der Waals surface area (Å²) in [6, 6.07) is 27.6. The highest BCUT2D eigenvalue weighted by Crippen LogP contribution is 2.55. The lowest BCUT2D eigenvalue weighted by Crippen LogP contribution is -2.74. The molecule has 0 unspecified atom stereocenters. The van der Waals surface area contributed by atoms with Gasteiger partial charge in [0.15, 0.2) is 12.2 Å². The zero-order valence-electron chi connectivity index (χ0n) is 40.4. The maximum absolute atomic E-state index is 14.1. The van der Waals surface area contributed by atoms with E-state index in [1.54, 1.807) is 30.3 Å². The number of aryl methyl sites for hydroxylation is 1. The van der Waals surface area contributed by atoms with Crippen molar-refractivity contribution in [3.63, 3.8) is 0 Å². The Morgan fingerprint density at radius 1 is 0.928 bits per heavy atom. The van der Waals surface area contributed by atoms with Gasteiger partial charge in [-0.1, -0.05) is 109 Å². The lowest BCUT2D eigenvalue weighted by Gasteiger charge is -2.63. The molecule has 4 aromatic carbocycles. The van der Waals surface area contributed by atoms with E-state index >= 15 is 0 Å². The Morgan fingerprint density at radius 3 is 2.14 bits per heavy atom. The van der Waals surface area contributed by atoms with E-state index in [1.165, 1.54) is 11.3 Å². The molecule has 4 amide bonds. The zero-order valence-corrected chi connectivity index (χ0v) is 41.1. The number of nitriles is 1. The van der Waals surface area contributed by atoms with Crippen molar-refractivity contribution in [2.75, 3.05) is 13.2 Å². The second-order valence-corrected chi connectivity index (χ2v) is 20.7. The maximum Gasteiger partial charge on any atom is 0.251 e. The van der Waals surface area contributed by atoms with Gasteiger partial charge in [0.2, 0.25) is 17.7 Å². The summed E-state index contributed by atoms with van der Waals surface area (Å²) in [4.78, 5) is 59.8. The minimum absolute atomic E-state index is 0.0182. The number of hydrogen-bond donors (Lipinski definition) is 4. The molecule has 2 fully saturated rings. The molecule has 3 atom stereocenters. The molecule has 2 heterocycles. The van der Waals surface area contributed by atoms with Crippen LogP contribution in [-0.4, -0.2) is 82.1 Å². The molecule has 0 spiro atoms. The van der Waals surface area contributed by atoms with Crippen molar-refractivity contribution in [1.82, 2.24) is 25.8 Å². The molecule has 362 valence electrons. The van der Waals surface area contributed by atoms with Crippen LogP contribution in [0.1, 0.15) is 94.9 Å². The monoisotopic (exact) mass is 956 g/mol. The van der Waals surface area contributed by atoms with Crippen molar-refractivity contribution >= 4 is 35.2 Å². The van der Waals surface area contributed by atoms with Crippen molar-refractivity contribution in [2.24, 2.45) is 16.2 Å². The number of oxazole rings is 1. The van der Waals surface area contributed by atoms with E-state index in [2.05, 4.69) is 54.7 Å². The van der Waals surface area contributed by atoms with Crippen LogP contribution in [0, 0.1) is 34.5 Å². The third kappa shape index (κ3) is 11.3. The fourth-order valence-electron chi connectivity index (χ4n) is 9.80. The average molecular weight is 958 g/mol. The number of carbonyl (C=O) groups is 4. The Hall–Kier alpha value is -6.69. The van der Waals surface area contributed by atoms with Gasteiger partial charge in [0.25, 0.3) is 5.91 Å². The third-order valence-corrected chi connectivity index (χ3v) is 13.6. The van der Waals surface area contributed by atoms with Crippen molar-refractivity contribution in [2.45, 2.75) is 112 Å². The first-order chi connectivity index (χ1) is 32.7. The van der Waals surface area contributed by atoms with Gasteiger partial charge in [-0.25, -0.2) is 4.98 Å². The lowest BCUT2D eigenvalue weighted by molar-refractivity contribution is -0.164. The summed E-state index contributed by atoms with van der Waals surface area (Å²) in [7, 11) is 0. The number of nitrogens with one attached hydrogen (secondary N) is 3. The first-order valence-corrected chi connectivity index (χ1v) is 23.6. The van der Waals surface area contributed by atoms with Gasteiger partial charge in [-0.3, -0.25) is 19.2 Å². The summed E-state index contributed by atoms with van der Waals surface area (Å²) < 4.78 is 17.8. The summed E-state index contributed by atoms with van der Waals surface area (Å²) in [6.45, 7) is 16.1. The normalized spacial score (nSPS) is 19.6. The quantitative estimate of drug-likeness (QED) is 0.0697. The first-order valence-electron chi connectivity index (χ1n) is 23.2. The van der Waals surface area contributed by atoms with Crippen LogP contribution in [-0.2, 0) is 20.9 Å². The Balaban J connectivity index is 0.858. The molecule has 1 aliphatic heterocycles. The van der Waals surface area contributed by atoms with E-state index in [4.69, 9.17) is 25.5 Å². The summed E-state index contributed by atoms with van der Waals surface area (Å²) in [5.41, 5.74) is 3.79. The van der Waals surface area contributed by atoms with E-state index in [-0.39, 0.29) is 62.4 Å². The van der Waals surface area contributed by atoms with Gasteiger partial charge in [-0.05, 0) is 71.8 Å². The molecule has 1 saturated heterocycles. The maximum atomic E-state index is 14.1. The Kier molecular flexibility index (Phi) is 14.9. The predicted octanol–water partition coefficient (Wildman–Crippen LogP) is 8.42. The largest absolute Gasteiger partial charge is 0.494 e.